The highest BCUT2D eigenvalue weighted by atomic mass is 32.1. The minimum Gasteiger partial charge on any atom is -0.330 e. The summed E-state index contributed by atoms with van der Waals surface area (Å²) in [5, 5.41) is 14.1. The molecule has 2 N–H and O–H groups in total. The average molecular weight is 287 g/mol. The number of nitrogens with zero attached hydrogens (tertiary/aromatic N) is 4. The molecule has 0 aliphatic heterocycles. The van der Waals surface area contributed by atoms with Crippen LogP contribution in [0, 0.1) is 5.92 Å². The molecular weight excluding hydrogens is 270 g/mol. The minimum atomic E-state index is 0.485. The lowest BCUT2D eigenvalue weighted by molar-refractivity contribution is 0.515. The molecule has 5 nitrogen and oxygen atoms in total. The van der Waals surface area contributed by atoms with Gasteiger partial charge < -0.3 is 5.73 Å². The van der Waals surface area contributed by atoms with Gasteiger partial charge in [0.05, 0.1) is 0 Å². The lowest BCUT2D eigenvalue weighted by Crippen LogP contribution is -2.15. The summed E-state index contributed by atoms with van der Waals surface area (Å²) in [6.07, 6.45) is 1.98. The van der Waals surface area contributed by atoms with E-state index in [1.807, 2.05) is 34.8 Å². The van der Waals surface area contributed by atoms with Crippen LogP contribution in [0.2, 0.25) is 0 Å². The normalized spacial score (nSPS) is 12.9. The minimum absolute atomic E-state index is 0.485. The molecule has 0 fully saturated rings. The molecule has 20 heavy (non-hydrogen) atoms. The maximum absolute atomic E-state index is 5.76. The number of hydrogen-bond donors (Lipinski definition) is 1. The van der Waals surface area contributed by atoms with E-state index in [0.717, 1.165) is 34.2 Å². The van der Waals surface area contributed by atoms with Crippen LogP contribution in [-0.4, -0.2) is 26.4 Å². The topological polar surface area (TPSA) is 69.1 Å². The predicted molar refractivity (Wildman–Crippen MR) is 80.6 cm³/mol. The third-order valence-corrected chi connectivity index (χ3v) is 4.36. The van der Waals surface area contributed by atoms with Crippen LogP contribution >= 0.6 is 11.3 Å². The zero-order chi connectivity index (χ0) is 13.9. The summed E-state index contributed by atoms with van der Waals surface area (Å²) in [6, 6.07) is 10.0. The monoisotopic (exact) mass is 287 g/mol. The van der Waals surface area contributed by atoms with Crippen molar-refractivity contribution in [3.05, 3.63) is 35.3 Å². The second-order valence-corrected chi connectivity index (χ2v) is 5.83. The standard InChI is InChI=1S/C14H17N5S/c1-2-10(9-15)8-12-18-19-13(16-17-14(19)20-12)11-6-4-3-5-7-11/h3-7,10H,2,8-9,15H2,1H3. The van der Waals surface area contributed by atoms with Crippen molar-refractivity contribution in [1.82, 2.24) is 19.8 Å². The average Bonchev–Trinajstić information content (AvgIpc) is 3.05. The third-order valence-electron chi connectivity index (χ3n) is 3.44. The van der Waals surface area contributed by atoms with Crippen molar-refractivity contribution in [2.45, 2.75) is 19.8 Å². The van der Waals surface area contributed by atoms with E-state index in [2.05, 4.69) is 22.2 Å². The first-order valence-electron chi connectivity index (χ1n) is 6.78. The van der Waals surface area contributed by atoms with E-state index < -0.39 is 0 Å². The van der Waals surface area contributed by atoms with Gasteiger partial charge in [-0.2, -0.15) is 9.61 Å². The summed E-state index contributed by atoms with van der Waals surface area (Å²) in [4.78, 5) is 0.839. The van der Waals surface area contributed by atoms with Crippen LogP contribution in [0.15, 0.2) is 30.3 Å². The lowest BCUT2D eigenvalue weighted by Gasteiger charge is -2.08. The number of rotatable bonds is 5. The van der Waals surface area contributed by atoms with E-state index in [9.17, 15) is 0 Å². The lowest BCUT2D eigenvalue weighted by atomic mass is 10.0. The molecule has 0 amide bonds. The molecule has 6 heteroatoms. The first kappa shape index (κ1) is 13.2. The Morgan fingerprint density at radius 2 is 2.05 bits per heavy atom. The summed E-state index contributed by atoms with van der Waals surface area (Å²) < 4.78 is 1.83. The molecule has 0 saturated carbocycles. The van der Waals surface area contributed by atoms with Crippen molar-refractivity contribution in [3.63, 3.8) is 0 Å². The highest BCUT2D eigenvalue weighted by molar-refractivity contribution is 7.16. The van der Waals surface area contributed by atoms with Gasteiger partial charge in [0.1, 0.15) is 5.01 Å². The van der Waals surface area contributed by atoms with Gasteiger partial charge in [-0.1, -0.05) is 55.0 Å². The Kier molecular flexibility index (Phi) is 3.75. The molecule has 104 valence electrons. The van der Waals surface area contributed by atoms with Gasteiger partial charge in [-0.25, -0.2) is 0 Å². The van der Waals surface area contributed by atoms with Crippen molar-refractivity contribution in [2.75, 3.05) is 6.54 Å². The quantitative estimate of drug-likeness (QED) is 0.782. The number of nitrogens with two attached hydrogens (primary N) is 1. The van der Waals surface area contributed by atoms with Crippen molar-refractivity contribution >= 4 is 16.3 Å². The second-order valence-electron chi connectivity index (χ2n) is 4.79. The summed E-state index contributed by atoms with van der Waals surface area (Å²) in [5.41, 5.74) is 6.79. The zero-order valence-corrected chi connectivity index (χ0v) is 12.2. The molecule has 0 spiro atoms. The van der Waals surface area contributed by atoms with E-state index in [-0.39, 0.29) is 0 Å². The van der Waals surface area contributed by atoms with Crippen molar-refractivity contribution in [2.24, 2.45) is 11.7 Å². The maximum atomic E-state index is 5.76. The Hall–Kier alpha value is -1.79. The molecule has 1 aromatic carbocycles. The molecule has 3 aromatic rings. The number of hydrogen-bond acceptors (Lipinski definition) is 5. The maximum Gasteiger partial charge on any atom is 0.234 e. The van der Waals surface area contributed by atoms with Gasteiger partial charge in [0.15, 0.2) is 5.82 Å². The first-order valence-corrected chi connectivity index (χ1v) is 7.60. The molecular formula is C14H17N5S. The molecule has 1 unspecified atom stereocenters. The fourth-order valence-corrected chi connectivity index (χ4v) is 3.10. The molecule has 0 aliphatic rings. The highest BCUT2D eigenvalue weighted by Gasteiger charge is 2.15. The van der Waals surface area contributed by atoms with Crippen molar-refractivity contribution in [3.8, 4) is 11.4 Å². The van der Waals surface area contributed by atoms with Gasteiger partial charge in [0, 0.05) is 12.0 Å². The highest BCUT2D eigenvalue weighted by Crippen LogP contribution is 2.23. The molecule has 0 radical (unpaired) electrons. The molecule has 1 atom stereocenters. The van der Waals surface area contributed by atoms with Crippen molar-refractivity contribution < 1.29 is 0 Å². The molecule has 0 saturated heterocycles. The number of aromatic nitrogens is 4. The summed E-state index contributed by atoms with van der Waals surface area (Å²) in [7, 11) is 0. The van der Waals surface area contributed by atoms with Gasteiger partial charge in [0.25, 0.3) is 0 Å². The smallest absolute Gasteiger partial charge is 0.234 e. The SMILES string of the molecule is CCC(CN)Cc1nn2c(-c3ccccc3)nnc2s1. The Labute approximate surface area is 121 Å². The third kappa shape index (κ3) is 2.44. The van der Waals surface area contributed by atoms with Crippen LogP contribution in [0.25, 0.3) is 16.3 Å². The largest absolute Gasteiger partial charge is 0.330 e. The van der Waals surface area contributed by atoms with Crippen molar-refractivity contribution in [1.29, 1.82) is 0 Å². The van der Waals surface area contributed by atoms with Crippen LogP contribution in [0.3, 0.4) is 0 Å². The van der Waals surface area contributed by atoms with Gasteiger partial charge in [-0.05, 0) is 12.5 Å². The fourth-order valence-electron chi connectivity index (χ4n) is 2.15. The molecule has 0 bridgehead atoms. The van der Waals surface area contributed by atoms with E-state index in [1.54, 1.807) is 11.3 Å². The predicted octanol–water partition coefficient (Wildman–Crippen LogP) is 2.38. The molecule has 2 heterocycles. The van der Waals surface area contributed by atoms with Crippen LogP contribution in [0.1, 0.15) is 18.4 Å². The Morgan fingerprint density at radius 3 is 2.75 bits per heavy atom. The Bertz CT molecular complexity index is 684. The van der Waals surface area contributed by atoms with Crippen LogP contribution in [0.4, 0.5) is 0 Å². The van der Waals surface area contributed by atoms with Crippen LogP contribution in [0.5, 0.6) is 0 Å². The Balaban J connectivity index is 1.95. The van der Waals surface area contributed by atoms with E-state index in [1.165, 1.54) is 0 Å². The second kappa shape index (κ2) is 5.68. The Morgan fingerprint density at radius 1 is 1.25 bits per heavy atom. The first-order chi connectivity index (χ1) is 9.81. The zero-order valence-electron chi connectivity index (χ0n) is 11.4. The number of fused-ring (bicyclic) bond motifs is 1. The van der Waals surface area contributed by atoms with Gasteiger partial charge >= 0.3 is 0 Å². The van der Waals surface area contributed by atoms with E-state index in [0.29, 0.717) is 12.5 Å². The van der Waals surface area contributed by atoms with Gasteiger partial charge in [-0.15, -0.1) is 10.2 Å². The van der Waals surface area contributed by atoms with Crippen LogP contribution < -0.4 is 5.73 Å². The fraction of sp³-hybridized carbons (Fsp3) is 0.357. The van der Waals surface area contributed by atoms with E-state index >= 15 is 0 Å². The molecule has 2 aromatic heterocycles. The number of benzene rings is 1. The van der Waals surface area contributed by atoms with Gasteiger partial charge in [-0.3, -0.25) is 0 Å². The van der Waals surface area contributed by atoms with Gasteiger partial charge in [0.2, 0.25) is 4.96 Å². The summed E-state index contributed by atoms with van der Waals surface area (Å²) in [5.74, 6) is 1.28. The molecule has 0 aliphatic carbocycles. The van der Waals surface area contributed by atoms with E-state index in [4.69, 9.17) is 5.73 Å². The van der Waals surface area contributed by atoms with Crippen LogP contribution in [-0.2, 0) is 6.42 Å². The summed E-state index contributed by atoms with van der Waals surface area (Å²) >= 11 is 1.59. The summed E-state index contributed by atoms with van der Waals surface area (Å²) in [6.45, 7) is 2.86. The molecule has 3 rings (SSSR count).